The highest BCUT2D eigenvalue weighted by molar-refractivity contribution is 6.14. The third-order valence-corrected chi connectivity index (χ3v) is 9.14. The minimum absolute atomic E-state index is 0.0920. The highest BCUT2D eigenvalue weighted by Crippen LogP contribution is 2.39. The summed E-state index contributed by atoms with van der Waals surface area (Å²) in [4.78, 5) is 17.4. The van der Waals surface area contributed by atoms with Crippen LogP contribution in [0.1, 0.15) is 27.0 Å². The standard InChI is InChI=1S/C47H36N2O2/c1-33-10-8-14-42(30-33)48(38-12-4-3-5-13-38)40-26-20-36(21-27-40)37-22-28-41(29-23-37)49(43-15-9-11-34(2)31-43)39-24-18-35(19-25-39)32-46-47(50)44-16-6-7-17-45(44)51-46/h3-32H,1-2H3/b46-32+. The summed E-state index contributed by atoms with van der Waals surface area (Å²) in [5, 5.41) is 0. The molecule has 246 valence electrons. The highest BCUT2D eigenvalue weighted by atomic mass is 16.5. The molecule has 1 heterocycles. The fraction of sp³-hybridized carbons (Fsp3) is 0.0426. The third kappa shape index (κ3) is 6.55. The van der Waals surface area contributed by atoms with Crippen molar-refractivity contribution in [2.75, 3.05) is 9.80 Å². The summed E-state index contributed by atoms with van der Waals surface area (Å²) in [7, 11) is 0. The summed E-state index contributed by atoms with van der Waals surface area (Å²) in [6, 6.07) is 60.7. The zero-order valence-electron chi connectivity index (χ0n) is 28.5. The van der Waals surface area contributed by atoms with Crippen molar-refractivity contribution in [3.05, 3.63) is 204 Å². The third-order valence-electron chi connectivity index (χ3n) is 9.14. The molecule has 0 radical (unpaired) electrons. The number of hydrogen-bond acceptors (Lipinski definition) is 4. The van der Waals surface area contributed by atoms with Crippen LogP contribution in [0.2, 0.25) is 0 Å². The topological polar surface area (TPSA) is 32.8 Å². The molecule has 0 unspecified atom stereocenters. The Bertz CT molecular complexity index is 2360. The van der Waals surface area contributed by atoms with Gasteiger partial charge in [-0.2, -0.15) is 0 Å². The van der Waals surface area contributed by atoms with Crippen LogP contribution in [0.4, 0.5) is 34.1 Å². The van der Waals surface area contributed by atoms with E-state index in [-0.39, 0.29) is 5.78 Å². The number of para-hydroxylation sites is 2. The van der Waals surface area contributed by atoms with Crippen molar-refractivity contribution in [1.29, 1.82) is 0 Å². The lowest BCUT2D eigenvalue weighted by molar-refractivity contribution is 0.101. The average molecular weight is 661 g/mol. The smallest absolute Gasteiger partial charge is 0.231 e. The number of ketones is 1. The number of carbonyl (C=O) groups excluding carboxylic acids is 1. The highest BCUT2D eigenvalue weighted by Gasteiger charge is 2.26. The van der Waals surface area contributed by atoms with E-state index in [4.69, 9.17) is 4.74 Å². The molecular formula is C47H36N2O2. The molecule has 0 amide bonds. The number of ether oxygens (including phenoxy) is 1. The van der Waals surface area contributed by atoms with E-state index in [0.717, 1.165) is 50.8 Å². The predicted molar refractivity (Wildman–Crippen MR) is 210 cm³/mol. The number of anilines is 6. The van der Waals surface area contributed by atoms with Gasteiger partial charge in [0, 0.05) is 34.1 Å². The SMILES string of the molecule is Cc1cccc(N(c2ccccc2)c2ccc(-c3ccc(N(c4ccc(/C=C5/Oc6ccccc6C5=O)cc4)c4cccc(C)c4)cc3)cc2)c1. The van der Waals surface area contributed by atoms with Crippen LogP contribution >= 0.6 is 0 Å². The van der Waals surface area contributed by atoms with E-state index in [1.165, 1.54) is 11.1 Å². The first-order valence-electron chi connectivity index (χ1n) is 17.1. The molecule has 8 rings (SSSR count). The van der Waals surface area contributed by atoms with E-state index in [1.54, 1.807) is 6.07 Å². The molecule has 1 aliphatic rings. The number of fused-ring (bicyclic) bond motifs is 1. The second-order valence-corrected chi connectivity index (χ2v) is 12.8. The van der Waals surface area contributed by atoms with E-state index in [1.807, 2.05) is 42.5 Å². The van der Waals surface area contributed by atoms with Crippen molar-refractivity contribution >= 4 is 46.0 Å². The molecule has 4 nitrogen and oxygen atoms in total. The molecule has 0 saturated carbocycles. The van der Waals surface area contributed by atoms with Crippen LogP contribution in [-0.4, -0.2) is 5.78 Å². The van der Waals surface area contributed by atoms with Crippen molar-refractivity contribution in [3.8, 4) is 16.9 Å². The molecule has 7 aromatic carbocycles. The van der Waals surface area contributed by atoms with Crippen molar-refractivity contribution in [1.82, 2.24) is 0 Å². The first kappa shape index (κ1) is 31.6. The summed E-state index contributed by atoms with van der Waals surface area (Å²) < 4.78 is 5.86. The van der Waals surface area contributed by atoms with Gasteiger partial charge in [-0.05, 0) is 133 Å². The molecule has 4 heteroatoms. The lowest BCUT2D eigenvalue weighted by atomic mass is 10.0. The Balaban J connectivity index is 1.08. The monoisotopic (exact) mass is 660 g/mol. The Labute approximate surface area is 299 Å². The molecule has 0 spiro atoms. The molecule has 0 bridgehead atoms. The second-order valence-electron chi connectivity index (χ2n) is 12.8. The zero-order chi connectivity index (χ0) is 34.7. The summed E-state index contributed by atoms with van der Waals surface area (Å²) in [6.45, 7) is 4.24. The average Bonchev–Trinajstić information content (AvgIpc) is 3.48. The Morgan fingerprint density at radius 3 is 1.41 bits per heavy atom. The Kier molecular flexibility index (Phi) is 8.49. The quantitative estimate of drug-likeness (QED) is 0.152. The first-order chi connectivity index (χ1) is 25.0. The molecule has 51 heavy (non-hydrogen) atoms. The second kappa shape index (κ2) is 13.7. The van der Waals surface area contributed by atoms with E-state index in [0.29, 0.717) is 17.1 Å². The van der Waals surface area contributed by atoms with Gasteiger partial charge >= 0.3 is 0 Å². The molecule has 0 aliphatic carbocycles. The molecule has 1 aliphatic heterocycles. The lowest BCUT2D eigenvalue weighted by Gasteiger charge is -2.26. The maximum absolute atomic E-state index is 12.9. The van der Waals surface area contributed by atoms with Crippen LogP contribution in [0.15, 0.2) is 182 Å². The molecule has 7 aromatic rings. The number of allylic oxidation sites excluding steroid dienone is 1. The van der Waals surface area contributed by atoms with Gasteiger partial charge in [-0.3, -0.25) is 4.79 Å². The van der Waals surface area contributed by atoms with E-state index in [2.05, 4.69) is 157 Å². The van der Waals surface area contributed by atoms with Gasteiger partial charge in [0.05, 0.1) is 5.56 Å². The molecule has 0 saturated heterocycles. The summed E-state index contributed by atoms with van der Waals surface area (Å²) >= 11 is 0. The Hall–Kier alpha value is -6.65. The number of benzene rings is 7. The van der Waals surface area contributed by atoms with E-state index < -0.39 is 0 Å². The predicted octanol–water partition coefficient (Wildman–Crippen LogP) is 12.5. The number of hydrogen-bond donors (Lipinski definition) is 0. The van der Waals surface area contributed by atoms with Crippen molar-refractivity contribution < 1.29 is 9.53 Å². The Morgan fingerprint density at radius 1 is 0.451 bits per heavy atom. The lowest BCUT2D eigenvalue weighted by Crippen LogP contribution is -2.10. The van der Waals surface area contributed by atoms with Crippen LogP contribution in [0.25, 0.3) is 17.2 Å². The van der Waals surface area contributed by atoms with Crippen LogP contribution in [0.3, 0.4) is 0 Å². The van der Waals surface area contributed by atoms with Gasteiger partial charge in [0.1, 0.15) is 5.75 Å². The van der Waals surface area contributed by atoms with Gasteiger partial charge in [-0.25, -0.2) is 0 Å². The fourth-order valence-electron chi connectivity index (χ4n) is 6.62. The molecule has 0 atom stereocenters. The molecule has 0 N–H and O–H groups in total. The van der Waals surface area contributed by atoms with Crippen molar-refractivity contribution in [3.63, 3.8) is 0 Å². The molecule has 0 fully saturated rings. The van der Waals surface area contributed by atoms with Crippen molar-refractivity contribution in [2.24, 2.45) is 0 Å². The minimum Gasteiger partial charge on any atom is -0.452 e. The number of nitrogens with zero attached hydrogens (tertiary/aromatic N) is 2. The maximum Gasteiger partial charge on any atom is 0.231 e. The summed E-state index contributed by atoms with van der Waals surface area (Å²) in [5.41, 5.74) is 12.7. The number of rotatable bonds is 8. The van der Waals surface area contributed by atoms with E-state index in [9.17, 15) is 4.79 Å². The Morgan fingerprint density at radius 2 is 0.902 bits per heavy atom. The fourth-order valence-corrected chi connectivity index (χ4v) is 6.62. The summed E-state index contributed by atoms with van der Waals surface area (Å²) in [6.07, 6.45) is 1.81. The van der Waals surface area contributed by atoms with Crippen LogP contribution in [0.5, 0.6) is 5.75 Å². The molecule has 0 aromatic heterocycles. The van der Waals surface area contributed by atoms with Gasteiger partial charge < -0.3 is 14.5 Å². The van der Waals surface area contributed by atoms with Crippen LogP contribution in [0, 0.1) is 13.8 Å². The normalized spacial score (nSPS) is 12.7. The zero-order valence-corrected chi connectivity index (χ0v) is 28.5. The number of Topliss-reactive ketones (excluding diaryl/α,β-unsaturated/α-hetero) is 1. The first-order valence-corrected chi connectivity index (χ1v) is 17.1. The van der Waals surface area contributed by atoms with Gasteiger partial charge in [0.25, 0.3) is 0 Å². The van der Waals surface area contributed by atoms with Gasteiger partial charge in [0.15, 0.2) is 5.76 Å². The largest absolute Gasteiger partial charge is 0.452 e. The number of aryl methyl sites for hydroxylation is 2. The number of carbonyl (C=O) groups is 1. The minimum atomic E-state index is -0.0920. The van der Waals surface area contributed by atoms with Gasteiger partial charge in [-0.15, -0.1) is 0 Å². The molecular weight excluding hydrogens is 625 g/mol. The van der Waals surface area contributed by atoms with Gasteiger partial charge in [0.2, 0.25) is 5.78 Å². The maximum atomic E-state index is 12.9. The summed E-state index contributed by atoms with van der Waals surface area (Å²) in [5.74, 6) is 0.850. The van der Waals surface area contributed by atoms with Gasteiger partial charge in [-0.1, -0.05) is 91.0 Å². The van der Waals surface area contributed by atoms with Crippen molar-refractivity contribution in [2.45, 2.75) is 13.8 Å². The van der Waals surface area contributed by atoms with Crippen LogP contribution in [-0.2, 0) is 0 Å². The van der Waals surface area contributed by atoms with Crippen LogP contribution < -0.4 is 14.5 Å². The van der Waals surface area contributed by atoms with E-state index >= 15 is 0 Å².